The van der Waals surface area contributed by atoms with Crippen molar-refractivity contribution in [2.45, 2.75) is 19.8 Å². The number of hydrogen-bond acceptors (Lipinski definition) is 9. The van der Waals surface area contributed by atoms with Gasteiger partial charge in [-0.2, -0.15) is 5.01 Å². The van der Waals surface area contributed by atoms with Crippen LogP contribution < -0.4 is 0 Å². The van der Waals surface area contributed by atoms with Crippen molar-refractivity contribution in [2.24, 2.45) is 0 Å². The van der Waals surface area contributed by atoms with Crippen LogP contribution >= 0.6 is 48.9 Å². The van der Waals surface area contributed by atoms with E-state index in [1.165, 1.54) is 19.0 Å². The first kappa shape index (κ1) is 46.0. The summed E-state index contributed by atoms with van der Waals surface area (Å²) in [6.45, 7) is 1.42. The van der Waals surface area contributed by atoms with Crippen LogP contribution in [-0.2, 0) is 24.0 Å². The molecule has 0 radical (unpaired) electrons. The summed E-state index contributed by atoms with van der Waals surface area (Å²) in [6, 6.07) is 37.3. The van der Waals surface area contributed by atoms with Crippen molar-refractivity contribution in [1.29, 1.82) is 0 Å². The van der Waals surface area contributed by atoms with Crippen LogP contribution in [0.1, 0.15) is 42.0 Å². The summed E-state index contributed by atoms with van der Waals surface area (Å²) < 4.78 is 0. The second-order valence-corrected chi connectivity index (χ2v) is 14.5. The van der Waals surface area contributed by atoms with E-state index in [2.05, 4.69) is 0 Å². The quantitative estimate of drug-likeness (QED) is 0.0847. The molecular weight excluding hydrogens is 795 g/mol. The van der Waals surface area contributed by atoms with Crippen molar-refractivity contribution in [3.05, 3.63) is 144 Å². The first-order valence-corrected chi connectivity index (χ1v) is 19.4. The molecule has 0 N–H and O–H groups in total. The lowest BCUT2D eigenvalue weighted by atomic mass is 10.1. The topological polar surface area (TPSA) is 102 Å². The number of hydrogen-bond donors (Lipinski definition) is 0. The molecule has 4 rings (SSSR count). The maximum atomic E-state index is 12.7. The van der Waals surface area contributed by atoms with Gasteiger partial charge in [0.15, 0.2) is 17.3 Å². The highest BCUT2D eigenvalue weighted by Crippen LogP contribution is 2.12. The van der Waals surface area contributed by atoms with E-state index in [4.69, 9.17) is 48.9 Å². The fourth-order valence-electron chi connectivity index (χ4n) is 5.46. The minimum Gasteiger partial charge on any atom is -0.358 e. The number of benzene rings is 4. The van der Waals surface area contributed by atoms with E-state index in [1.54, 1.807) is 48.0 Å². The second kappa shape index (κ2) is 23.0. The van der Waals surface area contributed by atoms with Crippen LogP contribution in [0, 0.1) is 0 Å². The zero-order chi connectivity index (χ0) is 42.1. The summed E-state index contributed by atoms with van der Waals surface area (Å²) in [7, 11) is 6.73. The molecule has 0 aliphatic heterocycles. The molecule has 4 aromatic carbocycles. The number of Topliss-reactive ketones (excluding diaryl/α,β-unsaturated/α-hetero) is 3. The molecule has 14 heteroatoms. The number of carbonyl (C=O) groups is 5. The minimum absolute atomic E-state index is 0.0436. The molecule has 57 heavy (non-hydrogen) atoms. The number of amides is 2. The summed E-state index contributed by atoms with van der Waals surface area (Å²) in [5, 5.41) is 2.18. The molecule has 296 valence electrons. The van der Waals surface area contributed by atoms with E-state index in [9.17, 15) is 24.0 Å². The molecular formula is C43H45N5O5S4. The Balaban J connectivity index is 0.000000307. The number of carbonyl (C=O) groups excluding carboxylic acids is 5. The Morgan fingerprint density at radius 3 is 0.965 bits per heavy atom. The molecule has 2 amide bonds. The highest BCUT2D eigenvalue weighted by Gasteiger charge is 2.27. The molecule has 0 heterocycles. The zero-order valence-electron chi connectivity index (χ0n) is 32.5. The van der Waals surface area contributed by atoms with E-state index >= 15 is 0 Å². The summed E-state index contributed by atoms with van der Waals surface area (Å²) in [6.07, 6.45) is -0.577. The maximum Gasteiger partial charge on any atom is 0.255 e. The van der Waals surface area contributed by atoms with Gasteiger partial charge in [0.1, 0.15) is 20.0 Å². The number of likely N-dealkylation sites (N-methyl/N-ethyl adjacent to an activating group) is 3. The molecule has 0 saturated heterocycles. The first-order valence-electron chi connectivity index (χ1n) is 17.7. The number of thiocarbonyl (C=S) groups is 4. The highest BCUT2D eigenvalue weighted by atomic mass is 32.1. The summed E-state index contributed by atoms with van der Waals surface area (Å²) in [5.74, 6) is -1.86. The van der Waals surface area contributed by atoms with E-state index in [1.807, 2.05) is 109 Å². The normalized spacial score (nSPS) is 10.1. The van der Waals surface area contributed by atoms with Gasteiger partial charge < -0.3 is 14.7 Å². The van der Waals surface area contributed by atoms with Gasteiger partial charge in [0.2, 0.25) is 5.91 Å². The standard InChI is InChI=1S/C22H23N3O3S2.C21H22N2O2S2/c1-16(26)25(24(3)22(30)18-12-8-5-9-13-18)20(28)14-19(27)15-23(2)21(29)17-10-6-4-7-11-17;1-22(20(26)16-9-5-3-6-10-16)14-18(24)13-19(25)15-23(2)21(27)17-11-7-4-8-12-17/h4-13H,14-15H2,1-3H3;3-12H,13-15H2,1-2H3. The van der Waals surface area contributed by atoms with Crippen molar-refractivity contribution in [3.8, 4) is 0 Å². The maximum absolute atomic E-state index is 12.7. The third-order valence-corrected chi connectivity index (χ3v) is 10.4. The monoisotopic (exact) mass is 839 g/mol. The third kappa shape index (κ3) is 14.6. The Morgan fingerprint density at radius 2 is 0.684 bits per heavy atom. The van der Waals surface area contributed by atoms with Gasteiger partial charge in [-0.15, -0.1) is 0 Å². The number of rotatable bonds is 14. The third-order valence-electron chi connectivity index (χ3n) is 8.23. The number of nitrogens with zero attached hydrogens (tertiary/aromatic N) is 5. The molecule has 4 aromatic rings. The van der Waals surface area contributed by atoms with E-state index < -0.39 is 18.2 Å². The van der Waals surface area contributed by atoms with E-state index in [0.29, 0.717) is 25.5 Å². The highest BCUT2D eigenvalue weighted by molar-refractivity contribution is 7.81. The molecule has 0 saturated carbocycles. The van der Waals surface area contributed by atoms with Gasteiger partial charge in [-0.25, -0.2) is 0 Å². The van der Waals surface area contributed by atoms with Gasteiger partial charge >= 0.3 is 0 Å². The predicted molar refractivity (Wildman–Crippen MR) is 240 cm³/mol. The Labute approximate surface area is 356 Å². The fraction of sp³-hybridized carbons (Fsp3) is 0.233. The van der Waals surface area contributed by atoms with Gasteiger partial charge in [-0.05, 0) is 0 Å². The molecule has 0 spiro atoms. The molecule has 0 aliphatic rings. The molecule has 0 aromatic heterocycles. The number of ketones is 3. The Kier molecular flexibility index (Phi) is 18.5. The Morgan fingerprint density at radius 1 is 0.421 bits per heavy atom. The van der Waals surface area contributed by atoms with Gasteiger partial charge in [0, 0.05) is 57.4 Å². The minimum atomic E-state index is -0.646. The molecule has 0 aliphatic carbocycles. The smallest absolute Gasteiger partial charge is 0.255 e. The lowest BCUT2D eigenvalue weighted by Crippen LogP contribution is -2.50. The summed E-state index contributed by atoms with van der Waals surface area (Å²) in [5.41, 5.74) is 3.25. The molecule has 0 atom stereocenters. The SMILES string of the molecule is CC(=O)N(C(=O)CC(=O)CN(C)C(=S)c1ccccc1)N(C)C(=S)c1ccccc1.CN(CC(=O)CC(=O)CN(C)C(=S)c1ccccc1)C(=S)c1ccccc1. The molecule has 10 nitrogen and oxygen atoms in total. The molecule has 0 bridgehead atoms. The zero-order valence-corrected chi connectivity index (χ0v) is 35.8. The van der Waals surface area contributed by atoms with Gasteiger partial charge in [-0.1, -0.05) is 170 Å². The predicted octanol–water partition coefficient (Wildman–Crippen LogP) is 5.98. The van der Waals surface area contributed by atoms with Crippen LogP contribution in [0.25, 0.3) is 0 Å². The fourth-order valence-corrected chi connectivity index (χ4v) is 6.28. The Hall–Kier alpha value is -5.41. The van der Waals surface area contributed by atoms with Crippen molar-refractivity contribution >= 4 is 98.0 Å². The van der Waals surface area contributed by atoms with E-state index in [0.717, 1.165) is 21.7 Å². The van der Waals surface area contributed by atoms with Crippen molar-refractivity contribution in [3.63, 3.8) is 0 Å². The average molecular weight is 840 g/mol. The van der Waals surface area contributed by atoms with E-state index in [-0.39, 0.29) is 43.4 Å². The largest absolute Gasteiger partial charge is 0.358 e. The average Bonchev–Trinajstić information content (AvgIpc) is 3.20. The van der Waals surface area contributed by atoms with Gasteiger partial charge in [-0.3, -0.25) is 29.0 Å². The van der Waals surface area contributed by atoms with Crippen molar-refractivity contribution < 1.29 is 24.0 Å². The van der Waals surface area contributed by atoms with Gasteiger partial charge in [0.25, 0.3) is 5.91 Å². The second-order valence-electron chi connectivity index (χ2n) is 13.0. The molecule has 0 unspecified atom stereocenters. The summed E-state index contributed by atoms with van der Waals surface area (Å²) in [4.78, 5) is 68.8. The lowest BCUT2D eigenvalue weighted by Gasteiger charge is -2.31. The number of hydrazine groups is 1. The van der Waals surface area contributed by atoms with Crippen molar-refractivity contribution in [2.75, 3.05) is 47.8 Å². The van der Waals surface area contributed by atoms with Crippen LogP contribution in [0.2, 0.25) is 0 Å². The number of imide groups is 1. The van der Waals surface area contributed by atoms with Crippen LogP contribution in [0.3, 0.4) is 0 Å². The van der Waals surface area contributed by atoms with Crippen LogP contribution in [0.15, 0.2) is 121 Å². The van der Waals surface area contributed by atoms with Crippen LogP contribution in [-0.4, -0.2) is 122 Å². The van der Waals surface area contributed by atoms with Gasteiger partial charge in [0.05, 0.1) is 32.5 Å². The Bertz CT molecular complexity index is 2000. The van der Waals surface area contributed by atoms with Crippen molar-refractivity contribution in [1.82, 2.24) is 24.7 Å². The lowest BCUT2D eigenvalue weighted by molar-refractivity contribution is -0.155. The van der Waals surface area contributed by atoms with Crippen LogP contribution in [0.4, 0.5) is 0 Å². The first-order chi connectivity index (χ1) is 27.1. The summed E-state index contributed by atoms with van der Waals surface area (Å²) >= 11 is 21.6. The molecule has 0 fully saturated rings. The van der Waals surface area contributed by atoms with Crippen LogP contribution in [0.5, 0.6) is 0 Å².